The fourth-order valence-corrected chi connectivity index (χ4v) is 3.02. The number of nitrogens with zero attached hydrogens (tertiary/aromatic N) is 3. The van der Waals surface area contributed by atoms with Gasteiger partial charge in [-0.3, -0.25) is 9.89 Å². The van der Waals surface area contributed by atoms with Gasteiger partial charge in [-0.05, 0) is 38.2 Å². The summed E-state index contributed by atoms with van der Waals surface area (Å²) >= 11 is 0. The number of hydrogen-bond acceptors (Lipinski definition) is 5. The number of amides is 1. The minimum absolute atomic E-state index is 0.0284. The van der Waals surface area contributed by atoms with E-state index < -0.39 is 0 Å². The lowest BCUT2D eigenvalue weighted by atomic mass is 9.94. The summed E-state index contributed by atoms with van der Waals surface area (Å²) in [5.41, 5.74) is 3.60. The molecule has 0 fully saturated rings. The first-order chi connectivity index (χ1) is 11.5. The first-order valence-corrected chi connectivity index (χ1v) is 8.72. The van der Waals surface area contributed by atoms with Crippen LogP contribution in [-0.4, -0.2) is 26.3 Å². The molecule has 1 atom stereocenters. The highest BCUT2D eigenvalue weighted by Gasteiger charge is 2.20. The van der Waals surface area contributed by atoms with E-state index in [1.165, 1.54) is 24.1 Å². The second-order valence-corrected chi connectivity index (χ2v) is 6.76. The molecule has 0 aliphatic heterocycles. The van der Waals surface area contributed by atoms with Crippen molar-refractivity contribution in [2.24, 2.45) is 0 Å². The molecule has 7 heteroatoms. The Morgan fingerprint density at radius 3 is 2.71 bits per heavy atom. The second kappa shape index (κ2) is 7.15. The maximum atomic E-state index is 12.2. The van der Waals surface area contributed by atoms with Crippen LogP contribution >= 0.6 is 0 Å². The van der Waals surface area contributed by atoms with Gasteiger partial charge in [0.25, 0.3) is 0 Å². The van der Waals surface area contributed by atoms with E-state index in [0.29, 0.717) is 24.6 Å². The zero-order chi connectivity index (χ0) is 17.1. The Kier molecular flexibility index (Phi) is 4.97. The smallest absolute Gasteiger partial charge is 0.238 e. The zero-order valence-electron chi connectivity index (χ0n) is 14.6. The molecule has 0 saturated carbocycles. The lowest BCUT2D eigenvalue weighted by Crippen LogP contribution is -2.27. The Morgan fingerprint density at radius 2 is 1.96 bits per heavy atom. The summed E-state index contributed by atoms with van der Waals surface area (Å²) in [5.74, 6) is 1.19. The molecule has 130 valence electrons. The summed E-state index contributed by atoms with van der Waals surface area (Å²) in [4.78, 5) is 12.2. The van der Waals surface area contributed by atoms with Crippen LogP contribution in [0.3, 0.4) is 0 Å². The quantitative estimate of drug-likeness (QED) is 0.848. The van der Waals surface area contributed by atoms with Crippen LogP contribution in [0.2, 0.25) is 0 Å². The normalized spacial score (nSPS) is 15.3. The van der Waals surface area contributed by atoms with Crippen LogP contribution in [0.15, 0.2) is 4.42 Å². The summed E-state index contributed by atoms with van der Waals surface area (Å²) in [6.45, 7) is 5.84. The number of aromatic amines is 1. The minimum atomic E-state index is -0.286. The van der Waals surface area contributed by atoms with Gasteiger partial charge >= 0.3 is 0 Å². The molecule has 7 nitrogen and oxygen atoms in total. The molecule has 1 aliphatic rings. The van der Waals surface area contributed by atoms with E-state index in [-0.39, 0.29) is 17.9 Å². The third kappa shape index (κ3) is 3.66. The highest BCUT2D eigenvalue weighted by atomic mass is 16.4. The van der Waals surface area contributed by atoms with Gasteiger partial charge in [-0.1, -0.05) is 13.8 Å². The Labute approximate surface area is 141 Å². The van der Waals surface area contributed by atoms with Crippen molar-refractivity contribution in [3.63, 3.8) is 0 Å². The molecular formula is C17H25N5O2. The summed E-state index contributed by atoms with van der Waals surface area (Å²) in [7, 11) is 0. The molecule has 2 N–H and O–H groups in total. The van der Waals surface area contributed by atoms with Gasteiger partial charge in [-0.2, -0.15) is 5.10 Å². The average molecular weight is 331 g/mol. The van der Waals surface area contributed by atoms with E-state index >= 15 is 0 Å². The molecule has 24 heavy (non-hydrogen) atoms. The summed E-state index contributed by atoms with van der Waals surface area (Å²) in [5, 5.41) is 18.4. The van der Waals surface area contributed by atoms with Crippen LogP contribution in [0.1, 0.15) is 80.7 Å². The van der Waals surface area contributed by atoms with Crippen molar-refractivity contribution in [1.82, 2.24) is 25.7 Å². The fraction of sp³-hybridized carbons (Fsp3) is 0.647. The van der Waals surface area contributed by atoms with E-state index in [0.717, 1.165) is 18.5 Å². The Morgan fingerprint density at radius 1 is 1.21 bits per heavy atom. The molecule has 0 spiro atoms. The van der Waals surface area contributed by atoms with Gasteiger partial charge < -0.3 is 9.73 Å². The Bertz CT molecular complexity index is 704. The van der Waals surface area contributed by atoms with Gasteiger partial charge in [0.1, 0.15) is 6.04 Å². The lowest BCUT2D eigenvalue weighted by Gasteiger charge is -2.12. The van der Waals surface area contributed by atoms with E-state index in [2.05, 4.69) is 25.7 Å². The third-order valence-corrected chi connectivity index (χ3v) is 4.43. The number of carbonyl (C=O) groups is 1. The van der Waals surface area contributed by atoms with E-state index in [1.807, 2.05) is 20.8 Å². The summed E-state index contributed by atoms with van der Waals surface area (Å²) in [6.07, 6.45) is 5.63. The minimum Gasteiger partial charge on any atom is -0.423 e. The molecule has 0 aromatic carbocycles. The zero-order valence-corrected chi connectivity index (χ0v) is 14.6. The van der Waals surface area contributed by atoms with Crippen LogP contribution in [0, 0.1) is 0 Å². The van der Waals surface area contributed by atoms with Crippen molar-refractivity contribution in [3.8, 4) is 0 Å². The molecule has 0 saturated heterocycles. The molecule has 1 unspecified atom stereocenters. The van der Waals surface area contributed by atoms with Crippen LogP contribution in [0.25, 0.3) is 0 Å². The van der Waals surface area contributed by atoms with Crippen molar-refractivity contribution in [2.75, 3.05) is 0 Å². The average Bonchev–Trinajstić information content (AvgIpc) is 3.20. The van der Waals surface area contributed by atoms with Crippen LogP contribution in [-0.2, 0) is 24.1 Å². The van der Waals surface area contributed by atoms with Crippen LogP contribution < -0.4 is 5.32 Å². The fourth-order valence-electron chi connectivity index (χ4n) is 3.02. The number of aryl methyl sites for hydroxylation is 2. The van der Waals surface area contributed by atoms with E-state index in [4.69, 9.17) is 4.42 Å². The van der Waals surface area contributed by atoms with Crippen LogP contribution in [0.5, 0.6) is 0 Å². The van der Waals surface area contributed by atoms with Gasteiger partial charge in [0.15, 0.2) is 0 Å². The van der Waals surface area contributed by atoms with Crippen LogP contribution in [0.4, 0.5) is 0 Å². The maximum absolute atomic E-state index is 12.2. The summed E-state index contributed by atoms with van der Waals surface area (Å²) in [6, 6.07) is -0.286. The number of rotatable bonds is 6. The molecule has 1 aliphatic carbocycles. The van der Waals surface area contributed by atoms with Gasteiger partial charge in [0.2, 0.25) is 17.7 Å². The molecular weight excluding hydrogens is 306 g/mol. The number of fused-ring (bicyclic) bond motifs is 1. The third-order valence-electron chi connectivity index (χ3n) is 4.43. The predicted molar refractivity (Wildman–Crippen MR) is 88.5 cm³/mol. The number of hydrogen-bond donors (Lipinski definition) is 2. The van der Waals surface area contributed by atoms with Crippen molar-refractivity contribution >= 4 is 5.91 Å². The van der Waals surface area contributed by atoms with Crippen molar-refractivity contribution in [1.29, 1.82) is 0 Å². The first kappa shape index (κ1) is 16.7. The Hall–Kier alpha value is -2.18. The summed E-state index contributed by atoms with van der Waals surface area (Å²) < 4.78 is 5.58. The first-order valence-electron chi connectivity index (χ1n) is 8.72. The van der Waals surface area contributed by atoms with Crippen molar-refractivity contribution in [2.45, 2.75) is 71.3 Å². The topological polar surface area (TPSA) is 96.7 Å². The number of nitrogens with one attached hydrogen (secondary N) is 2. The molecule has 1 amide bonds. The standard InChI is InChI=1S/C17H25N5O2/c1-10(2)16-21-22-17(24-16)11(3)18-15(23)9-8-14-12-6-4-5-7-13(12)19-20-14/h10-11H,4-9H2,1-3H3,(H,18,23)(H,19,20). The SMILES string of the molecule is CC(C)c1nnc(C(C)NC(=O)CCc2n[nH]c3c2CCCC3)o1. The number of aromatic nitrogens is 4. The predicted octanol–water partition coefficient (Wildman–Crippen LogP) is 2.60. The van der Waals surface area contributed by atoms with Crippen molar-refractivity contribution < 1.29 is 9.21 Å². The van der Waals surface area contributed by atoms with E-state index in [1.54, 1.807) is 0 Å². The second-order valence-electron chi connectivity index (χ2n) is 6.76. The molecule has 2 aromatic rings. The van der Waals surface area contributed by atoms with Crippen molar-refractivity contribution in [3.05, 3.63) is 28.7 Å². The molecule has 2 heterocycles. The number of carbonyl (C=O) groups excluding carboxylic acids is 1. The monoisotopic (exact) mass is 331 g/mol. The van der Waals surface area contributed by atoms with Gasteiger partial charge in [-0.15, -0.1) is 10.2 Å². The van der Waals surface area contributed by atoms with Gasteiger partial charge in [0, 0.05) is 24.5 Å². The maximum Gasteiger partial charge on any atom is 0.238 e. The Balaban J connectivity index is 1.52. The highest BCUT2D eigenvalue weighted by Crippen LogP contribution is 2.23. The largest absolute Gasteiger partial charge is 0.423 e. The van der Waals surface area contributed by atoms with Gasteiger partial charge in [-0.25, -0.2) is 0 Å². The molecule has 0 radical (unpaired) electrons. The van der Waals surface area contributed by atoms with E-state index in [9.17, 15) is 4.79 Å². The molecule has 2 aromatic heterocycles. The van der Waals surface area contributed by atoms with Gasteiger partial charge in [0.05, 0.1) is 5.69 Å². The molecule has 3 rings (SSSR count). The highest BCUT2D eigenvalue weighted by molar-refractivity contribution is 5.76. The molecule has 0 bridgehead atoms. The lowest BCUT2D eigenvalue weighted by molar-refractivity contribution is -0.121. The number of H-pyrrole nitrogens is 1.